The molecule has 1 saturated carbocycles. The predicted molar refractivity (Wildman–Crippen MR) is 134 cm³/mol. The molecule has 7 nitrogen and oxygen atoms in total. The first-order valence-corrected chi connectivity index (χ1v) is 13.9. The van der Waals surface area contributed by atoms with Gasteiger partial charge in [-0.25, -0.2) is 9.37 Å². The highest BCUT2D eigenvalue weighted by Gasteiger charge is 2.55. The average molecular weight is 524 g/mol. The molecule has 0 unspecified atom stereocenters. The van der Waals surface area contributed by atoms with E-state index in [0.29, 0.717) is 18.5 Å². The zero-order valence-electron chi connectivity index (χ0n) is 21.5. The zero-order valence-corrected chi connectivity index (χ0v) is 22.4. The number of aromatic nitrogens is 1. The maximum Gasteiger partial charge on any atom is 0.309 e. The molecule has 2 saturated heterocycles. The van der Waals surface area contributed by atoms with Gasteiger partial charge in [0.05, 0.1) is 46.5 Å². The predicted octanol–water partition coefficient (Wildman–Crippen LogP) is 4.53. The number of epoxide rings is 1. The third-order valence-corrected chi connectivity index (χ3v) is 9.33. The fourth-order valence-electron chi connectivity index (χ4n) is 5.81. The van der Waals surface area contributed by atoms with Crippen molar-refractivity contribution in [3.05, 3.63) is 21.9 Å². The Morgan fingerprint density at radius 3 is 2.56 bits per heavy atom. The monoisotopic (exact) mass is 523 g/mol. The highest BCUT2D eigenvalue weighted by atomic mass is 32.1. The van der Waals surface area contributed by atoms with Gasteiger partial charge in [-0.05, 0) is 51.5 Å². The summed E-state index contributed by atoms with van der Waals surface area (Å²) in [6.07, 6.45) is 1.40. The van der Waals surface area contributed by atoms with E-state index < -0.39 is 53.5 Å². The Kier molecular flexibility index (Phi) is 8.05. The lowest BCUT2D eigenvalue weighted by Crippen LogP contribution is -2.53. The molecule has 1 aliphatic carbocycles. The van der Waals surface area contributed by atoms with Crippen LogP contribution in [0.15, 0.2) is 11.2 Å². The lowest BCUT2D eigenvalue weighted by Gasteiger charge is -2.46. The minimum Gasteiger partial charge on any atom is -0.455 e. The lowest BCUT2D eigenvalue weighted by atomic mass is 9.58. The van der Waals surface area contributed by atoms with Gasteiger partial charge in [0.2, 0.25) is 0 Å². The Morgan fingerprint density at radius 2 is 1.94 bits per heavy atom. The zero-order chi connectivity index (χ0) is 26.3. The van der Waals surface area contributed by atoms with Crippen LogP contribution in [-0.2, 0) is 19.1 Å². The fraction of sp³-hybridized carbons (Fsp3) is 0.741. The van der Waals surface area contributed by atoms with Crippen LogP contribution in [0.25, 0.3) is 6.08 Å². The maximum atomic E-state index is 15.3. The summed E-state index contributed by atoms with van der Waals surface area (Å²) < 4.78 is 26.8. The number of cyclic esters (lactones) is 1. The van der Waals surface area contributed by atoms with Gasteiger partial charge in [0.15, 0.2) is 6.10 Å². The second-order valence-corrected chi connectivity index (χ2v) is 12.3. The first kappa shape index (κ1) is 27.4. The van der Waals surface area contributed by atoms with E-state index in [0.717, 1.165) is 30.7 Å². The van der Waals surface area contributed by atoms with Gasteiger partial charge in [0.25, 0.3) is 0 Å². The number of ketones is 1. The minimum absolute atomic E-state index is 0.105. The Morgan fingerprint density at radius 1 is 1.22 bits per heavy atom. The third kappa shape index (κ3) is 5.59. The van der Waals surface area contributed by atoms with E-state index in [9.17, 15) is 19.8 Å². The van der Waals surface area contributed by atoms with Crippen LogP contribution in [0, 0.1) is 24.2 Å². The smallest absolute Gasteiger partial charge is 0.309 e. The molecule has 3 aliphatic rings. The van der Waals surface area contributed by atoms with E-state index in [1.807, 2.05) is 20.8 Å². The number of hydrogen-bond acceptors (Lipinski definition) is 8. The highest BCUT2D eigenvalue weighted by molar-refractivity contribution is 7.09. The van der Waals surface area contributed by atoms with E-state index in [1.54, 1.807) is 12.3 Å². The fourth-order valence-corrected chi connectivity index (χ4v) is 6.38. The molecule has 7 atom stereocenters. The summed E-state index contributed by atoms with van der Waals surface area (Å²) in [5, 5.41) is 24.5. The van der Waals surface area contributed by atoms with Crippen molar-refractivity contribution in [2.45, 2.75) is 109 Å². The van der Waals surface area contributed by atoms with Crippen LogP contribution in [0.3, 0.4) is 0 Å². The van der Waals surface area contributed by atoms with E-state index in [2.05, 4.69) is 4.98 Å². The van der Waals surface area contributed by atoms with Gasteiger partial charge >= 0.3 is 5.97 Å². The van der Waals surface area contributed by atoms with Crippen molar-refractivity contribution < 1.29 is 33.7 Å². The Balaban J connectivity index is 1.58. The number of aliphatic hydroxyl groups excluding tert-OH is 2. The van der Waals surface area contributed by atoms with Crippen LogP contribution in [0.2, 0.25) is 0 Å². The van der Waals surface area contributed by atoms with Crippen molar-refractivity contribution >= 4 is 29.2 Å². The lowest BCUT2D eigenvalue weighted by molar-refractivity contribution is -0.162. The molecule has 1 aromatic rings. The number of fused-ring (bicyclic) bond motifs is 1. The van der Waals surface area contributed by atoms with Crippen molar-refractivity contribution in [2.24, 2.45) is 17.3 Å². The number of aliphatic hydroxyl groups is 2. The number of nitrogens with zero attached hydrogens (tertiary/aromatic N) is 1. The normalized spacial score (nSPS) is 38.2. The van der Waals surface area contributed by atoms with E-state index in [1.165, 1.54) is 17.4 Å². The summed E-state index contributed by atoms with van der Waals surface area (Å²) in [5.74, 6) is -2.36. The summed E-state index contributed by atoms with van der Waals surface area (Å²) in [4.78, 5) is 30.6. The molecule has 1 spiro atoms. The molecule has 4 rings (SSSR count). The van der Waals surface area contributed by atoms with Crippen molar-refractivity contribution in [1.29, 1.82) is 0 Å². The van der Waals surface area contributed by atoms with Crippen LogP contribution in [0.1, 0.15) is 82.8 Å². The van der Waals surface area contributed by atoms with Gasteiger partial charge in [-0.1, -0.05) is 26.7 Å². The van der Waals surface area contributed by atoms with Crippen molar-refractivity contribution in [2.75, 3.05) is 0 Å². The maximum absolute atomic E-state index is 15.3. The number of ether oxygens (including phenoxy) is 2. The van der Waals surface area contributed by atoms with Crippen LogP contribution in [0.5, 0.6) is 0 Å². The summed E-state index contributed by atoms with van der Waals surface area (Å²) in [6, 6.07) is 0. The molecule has 2 N–H and O–H groups in total. The number of halogens is 1. The summed E-state index contributed by atoms with van der Waals surface area (Å²) >= 11 is 1.40. The summed E-state index contributed by atoms with van der Waals surface area (Å²) in [6.45, 7) is 7.43. The van der Waals surface area contributed by atoms with Crippen molar-refractivity contribution in [3.63, 3.8) is 0 Å². The molecule has 200 valence electrons. The Hall–Kier alpha value is -1.68. The van der Waals surface area contributed by atoms with Crippen LogP contribution >= 0.6 is 11.3 Å². The number of thiazole rings is 1. The van der Waals surface area contributed by atoms with Gasteiger partial charge in [-0.2, -0.15) is 0 Å². The molecular weight excluding hydrogens is 485 g/mol. The molecule has 36 heavy (non-hydrogen) atoms. The summed E-state index contributed by atoms with van der Waals surface area (Å²) in [7, 11) is 0. The summed E-state index contributed by atoms with van der Waals surface area (Å²) in [5.41, 5.74) is -1.07. The molecule has 0 radical (unpaired) electrons. The van der Waals surface area contributed by atoms with Crippen LogP contribution in [0.4, 0.5) is 4.39 Å². The molecule has 3 fully saturated rings. The first-order valence-electron chi connectivity index (χ1n) is 13.0. The van der Waals surface area contributed by atoms with Gasteiger partial charge in [0, 0.05) is 17.7 Å². The second-order valence-electron chi connectivity index (χ2n) is 11.2. The van der Waals surface area contributed by atoms with E-state index in [-0.39, 0.29) is 24.2 Å². The SMILES string of the molecule is Cc1nc(C=C(F)[C@@H]2C[C@@H]3O[C@@]3(C)CCC[C@H](C)[C@H](O)[C@@H](C)C(=O)C3(CCC3)[C@@H](O)CC(=O)O2)cs1. The second kappa shape index (κ2) is 10.6. The van der Waals surface area contributed by atoms with Gasteiger partial charge in [0.1, 0.15) is 11.6 Å². The van der Waals surface area contributed by atoms with Crippen LogP contribution in [-0.4, -0.2) is 57.0 Å². The number of rotatable bonds is 2. The molecular formula is C27H38FNO6S. The number of Topliss-reactive ketones (excluding diaryl/α,β-unsaturated/α-hetero) is 1. The average Bonchev–Trinajstić information content (AvgIpc) is 3.22. The molecule has 2 aliphatic heterocycles. The Labute approximate surface area is 216 Å². The van der Waals surface area contributed by atoms with Gasteiger partial charge in [-0.3, -0.25) is 9.59 Å². The topological polar surface area (TPSA) is 109 Å². The van der Waals surface area contributed by atoms with Crippen LogP contribution < -0.4 is 0 Å². The Bertz CT molecular complexity index is 1010. The molecule has 0 amide bonds. The first-order chi connectivity index (χ1) is 16.9. The minimum atomic E-state index is -1.25. The molecule has 3 heterocycles. The number of carbonyl (C=O) groups is 2. The number of hydrogen-bond donors (Lipinski definition) is 2. The largest absolute Gasteiger partial charge is 0.455 e. The quantitative estimate of drug-likeness (QED) is 0.433. The molecule has 1 aromatic heterocycles. The molecule has 0 bridgehead atoms. The molecule has 9 heteroatoms. The standard InChI is InChI=1S/C27H38FNO6S/c1-15-7-5-8-26(4)22(35-26)12-20(19(28)11-18-14-36-17(3)29-18)34-23(31)13-21(30)27(9-6-10-27)25(33)16(2)24(15)32/h11,14-16,20-22,24,30,32H,5-10,12-13H2,1-4H3/t15-,16+,20-,21-,22-,24-,26-/m0/s1. The van der Waals surface area contributed by atoms with Crippen molar-refractivity contribution in [1.82, 2.24) is 4.98 Å². The van der Waals surface area contributed by atoms with E-state index >= 15 is 4.39 Å². The van der Waals surface area contributed by atoms with Gasteiger partial charge < -0.3 is 19.7 Å². The number of esters is 1. The highest BCUT2D eigenvalue weighted by Crippen LogP contribution is 2.49. The third-order valence-electron chi connectivity index (χ3n) is 8.54. The molecule has 0 aromatic carbocycles. The van der Waals surface area contributed by atoms with E-state index in [4.69, 9.17) is 9.47 Å². The van der Waals surface area contributed by atoms with Gasteiger partial charge in [-0.15, -0.1) is 11.3 Å². The number of aryl methyl sites for hydroxylation is 1. The number of carbonyl (C=O) groups excluding carboxylic acids is 2. The van der Waals surface area contributed by atoms with Crippen molar-refractivity contribution in [3.8, 4) is 0 Å².